The lowest BCUT2D eigenvalue weighted by Gasteiger charge is -2.35. The zero-order chi connectivity index (χ0) is 26.2. The maximum Gasteiger partial charge on any atom is 0.313 e. The van der Waals surface area contributed by atoms with E-state index in [4.69, 9.17) is 4.74 Å². The van der Waals surface area contributed by atoms with E-state index in [0.29, 0.717) is 24.7 Å². The molecule has 10 atom stereocenters. The van der Waals surface area contributed by atoms with Gasteiger partial charge in [0.05, 0.1) is 18.3 Å². The molecular weight excluding hydrogens is 432 g/mol. The molecule has 0 saturated heterocycles. The van der Waals surface area contributed by atoms with Crippen molar-refractivity contribution in [1.29, 1.82) is 0 Å². The van der Waals surface area contributed by atoms with Gasteiger partial charge in [-0.1, -0.05) is 60.1 Å². The first-order valence-corrected chi connectivity index (χ1v) is 13.2. The molecule has 1 aliphatic rings. The number of ether oxygens (including phenoxy) is 1. The van der Waals surface area contributed by atoms with Gasteiger partial charge in [-0.2, -0.15) is 0 Å². The topological polar surface area (TPSA) is 104 Å². The van der Waals surface area contributed by atoms with Crippen LogP contribution in [0.2, 0.25) is 0 Å². The van der Waals surface area contributed by atoms with Crippen LogP contribution in [-0.4, -0.2) is 51.5 Å². The molecule has 0 radical (unpaired) electrons. The highest BCUT2D eigenvalue weighted by Gasteiger charge is 2.37. The molecule has 0 amide bonds. The van der Waals surface area contributed by atoms with Gasteiger partial charge in [-0.15, -0.1) is 0 Å². The maximum atomic E-state index is 12.7. The fraction of sp³-hybridized carbons (Fsp3) is 0.857. The molecule has 1 aliphatic heterocycles. The molecule has 34 heavy (non-hydrogen) atoms. The van der Waals surface area contributed by atoms with Gasteiger partial charge in [0.1, 0.15) is 18.3 Å². The molecule has 6 heteroatoms. The number of aliphatic hydroxyl groups excluding tert-OH is 3. The van der Waals surface area contributed by atoms with E-state index < -0.39 is 48.1 Å². The van der Waals surface area contributed by atoms with E-state index >= 15 is 0 Å². The van der Waals surface area contributed by atoms with Gasteiger partial charge >= 0.3 is 5.97 Å². The Balaban J connectivity index is 3.09. The molecule has 0 aromatic rings. The zero-order valence-electron chi connectivity index (χ0n) is 22.7. The van der Waals surface area contributed by atoms with Gasteiger partial charge in [0.25, 0.3) is 0 Å². The van der Waals surface area contributed by atoms with Crippen LogP contribution in [0.1, 0.15) is 93.9 Å². The Labute approximate surface area is 207 Å². The molecule has 3 N–H and O–H groups in total. The molecular formula is C28H50O6. The number of hydrogen-bond acceptors (Lipinski definition) is 6. The van der Waals surface area contributed by atoms with Crippen LogP contribution in [0.5, 0.6) is 0 Å². The summed E-state index contributed by atoms with van der Waals surface area (Å²) < 4.78 is 5.76. The molecule has 0 aromatic heterocycles. The van der Waals surface area contributed by atoms with Gasteiger partial charge in [-0.25, -0.2) is 0 Å². The van der Waals surface area contributed by atoms with Crippen molar-refractivity contribution in [2.24, 2.45) is 35.5 Å². The first-order valence-electron chi connectivity index (χ1n) is 13.2. The average molecular weight is 483 g/mol. The number of carbonyl (C=O) groups is 2. The predicted molar refractivity (Wildman–Crippen MR) is 135 cm³/mol. The van der Waals surface area contributed by atoms with Crippen LogP contribution in [0.3, 0.4) is 0 Å². The largest absolute Gasteiger partial charge is 0.461 e. The Kier molecular flexibility index (Phi) is 13.0. The molecule has 1 rings (SSSR count). The standard InChI is InChI=1S/C28H50O6/c1-9-23(29)20(6)27(32)22(8)28(33)21(7)25-11-10-16(2)12-17(3)13-18(4)14-19(5)24(30)15-26(31)34-25/h10,17-23,25,27-29,32-33H,9,11-15H2,1-8H3/b16-10-/t17-,18-,19+,20+,21-,22-,23-,25-,27-,28+/m1/s1. The number of hydrogen-bond donors (Lipinski definition) is 3. The van der Waals surface area contributed by atoms with Crippen molar-refractivity contribution >= 4 is 11.8 Å². The van der Waals surface area contributed by atoms with Crippen LogP contribution < -0.4 is 0 Å². The quantitative estimate of drug-likeness (QED) is 0.276. The Morgan fingerprint density at radius 2 is 1.59 bits per heavy atom. The average Bonchev–Trinajstić information content (AvgIpc) is 2.77. The molecule has 0 aliphatic carbocycles. The first-order chi connectivity index (χ1) is 15.8. The van der Waals surface area contributed by atoms with Crippen molar-refractivity contribution in [3.63, 3.8) is 0 Å². The highest BCUT2D eigenvalue weighted by atomic mass is 16.5. The Morgan fingerprint density at radius 1 is 0.971 bits per heavy atom. The van der Waals surface area contributed by atoms with E-state index in [9.17, 15) is 24.9 Å². The van der Waals surface area contributed by atoms with E-state index in [-0.39, 0.29) is 18.1 Å². The third-order valence-corrected chi connectivity index (χ3v) is 7.85. The van der Waals surface area contributed by atoms with Gasteiger partial charge in [-0.05, 0) is 44.4 Å². The molecule has 198 valence electrons. The summed E-state index contributed by atoms with van der Waals surface area (Å²) in [6.07, 6.45) is 2.39. The third kappa shape index (κ3) is 9.43. The number of ketones is 1. The second kappa shape index (κ2) is 14.4. The van der Waals surface area contributed by atoms with Crippen molar-refractivity contribution in [2.75, 3.05) is 0 Å². The molecule has 1 heterocycles. The van der Waals surface area contributed by atoms with Crippen molar-refractivity contribution in [3.8, 4) is 0 Å². The van der Waals surface area contributed by atoms with Crippen LogP contribution >= 0.6 is 0 Å². The van der Waals surface area contributed by atoms with E-state index in [1.807, 2.05) is 20.8 Å². The highest BCUT2D eigenvalue weighted by molar-refractivity contribution is 5.96. The Morgan fingerprint density at radius 3 is 2.18 bits per heavy atom. The van der Waals surface area contributed by atoms with Crippen molar-refractivity contribution in [3.05, 3.63) is 11.6 Å². The van der Waals surface area contributed by atoms with Gasteiger partial charge in [0, 0.05) is 30.1 Å². The summed E-state index contributed by atoms with van der Waals surface area (Å²) in [6, 6.07) is 0. The Hall–Kier alpha value is -1.24. The molecule has 0 spiro atoms. The lowest BCUT2D eigenvalue weighted by atomic mass is 9.79. The molecule has 0 aromatic carbocycles. The number of cyclic esters (lactones) is 1. The lowest BCUT2D eigenvalue weighted by Crippen LogP contribution is -2.44. The summed E-state index contributed by atoms with van der Waals surface area (Å²) in [5.74, 6) is -1.34. The Bertz CT molecular complexity index is 674. The predicted octanol–water partition coefficient (Wildman–Crippen LogP) is 4.69. The summed E-state index contributed by atoms with van der Waals surface area (Å²) in [4.78, 5) is 25.3. The highest BCUT2D eigenvalue weighted by Crippen LogP contribution is 2.30. The van der Waals surface area contributed by atoms with Crippen LogP contribution in [0, 0.1) is 35.5 Å². The normalized spacial score (nSPS) is 32.9. The van der Waals surface area contributed by atoms with E-state index in [2.05, 4.69) is 26.8 Å². The van der Waals surface area contributed by atoms with Crippen LogP contribution in [0.25, 0.3) is 0 Å². The molecule has 6 nitrogen and oxygen atoms in total. The second-order valence-corrected chi connectivity index (χ2v) is 11.3. The minimum Gasteiger partial charge on any atom is -0.461 e. The van der Waals surface area contributed by atoms with E-state index in [0.717, 1.165) is 19.3 Å². The molecule has 0 bridgehead atoms. The number of esters is 1. The molecule has 0 saturated carbocycles. The summed E-state index contributed by atoms with van der Waals surface area (Å²) in [6.45, 7) is 15.5. The van der Waals surface area contributed by atoms with Crippen molar-refractivity contribution in [1.82, 2.24) is 0 Å². The minimum atomic E-state index is -0.943. The molecule has 0 fully saturated rings. The fourth-order valence-electron chi connectivity index (χ4n) is 5.43. The lowest BCUT2D eigenvalue weighted by molar-refractivity contribution is -0.157. The SMILES string of the molecule is CC[C@@H](O)[C@H](C)[C@@H](O)[C@@H](C)[C@@H](O)[C@H](C)[C@H]1C/C=C(/C)C[C@@H](C)C[C@@H](C)C[C@H](C)C(=O)CC(=O)O1. The van der Waals surface area contributed by atoms with Crippen LogP contribution in [0.4, 0.5) is 0 Å². The van der Waals surface area contributed by atoms with Gasteiger partial charge in [0.15, 0.2) is 0 Å². The van der Waals surface area contributed by atoms with Crippen molar-refractivity contribution in [2.45, 2.75) is 118 Å². The summed E-state index contributed by atoms with van der Waals surface area (Å²) in [5, 5.41) is 31.9. The number of rotatable bonds is 7. The number of Topliss-reactive ketones (excluding diaryl/α,β-unsaturated/α-hetero) is 1. The maximum absolute atomic E-state index is 12.7. The van der Waals surface area contributed by atoms with E-state index in [1.165, 1.54) is 5.57 Å². The minimum absolute atomic E-state index is 0.105. The summed E-state index contributed by atoms with van der Waals surface area (Å²) >= 11 is 0. The number of carbonyl (C=O) groups excluding carboxylic acids is 2. The smallest absolute Gasteiger partial charge is 0.313 e. The van der Waals surface area contributed by atoms with Gasteiger partial charge in [-0.3, -0.25) is 9.59 Å². The number of allylic oxidation sites excluding steroid dienone is 1. The van der Waals surface area contributed by atoms with Crippen LogP contribution in [-0.2, 0) is 14.3 Å². The molecule has 0 unspecified atom stereocenters. The fourth-order valence-corrected chi connectivity index (χ4v) is 5.43. The zero-order valence-corrected chi connectivity index (χ0v) is 22.7. The van der Waals surface area contributed by atoms with Gasteiger partial charge < -0.3 is 20.1 Å². The summed E-state index contributed by atoms with van der Waals surface area (Å²) in [7, 11) is 0. The second-order valence-electron chi connectivity index (χ2n) is 11.3. The van der Waals surface area contributed by atoms with Gasteiger partial charge in [0.2, 0.25) is 0 Å². The number of aliphatic hydroxyl groups is 3. The monoisotopic (exact) mass is 482 g/mol. The van der Waals surface area contributed by atoms with E-state index in [1.54, 1.807) is 13.8 Å². The summed E-state index contributed by atoms with van der Waals surface area (Å²) in [5.41, 5.74) is 1.22. The van der Waals surface area contributed by atoms with Crippen molar-refractivity contribution < 1.29 is 29.6 Å². The third-order valence-electron chi connectivity index (χ3n) is 7.85. The first kappa shape index (κ1) is 30.8. The van der Waals surface area contributed by atoms with Crippen LogP contribution in [0.15, 0.2) is 11.6 Å².